The standard InChI is InChI=1S/C11H20N2O/c1-10(2)4-3-5-11(7-6-10)8-14-9(12)13-11/h3-8H2,1-2H3,(H2,12,13). The van der Waals surface area contributed by atoms with Crippen LogP contribution in [0.3, 0.4) is 0 Å². The first kappa shape index (κ1) is 9.81. The molecule has 2 aliphatic rings. The van der Waals surface area contributed by atoms with Crippen molar-refractivity contribution in [2.75, 3.05) is 6.61 Å². The summed E-state index contributed by atoms with van der Waals surface area (Å²) in [5.74, 6) is 0. The SMILES string of the molecule is CC1(C)CCCC2(CC1)COC(N)=N2. The highest BCUT2D eigenvalue weighted by Gasteiger charge is 2.39. The molecule has 0 bridgehead atoms. The summed E-state index contributed by atoms with van der Waals surface area (Å²) in [6, 6.07) is 0.393. The van der Waals surface area contributed by atoms with E-state index in [-0.39, 0.29) is 5.54 Å². The topological polar surface area (TPSA) is 47.6 Å². The number of hydrogen-bond acceptors (Lipinski definition) is 3. The monoisotopic (exact) mass is 196 g/mol. The molecule has 80 valence electrons. The van der Waals surface area contributed by atoms with E-state index >= 15 is 0 Å². The summed E-state index contributed by atoms with van der Waals surface area (Å²) in [5, 5.41) is 0. The molecule has 1 heterocycles. The highest BCUT2D eigenvalue weighted by atomic mass is 16.5. The van der Waals surface area contributed by atoms with Crippen LogP contribution < -0.4 is 5.73 Å². The van der Waals surface area contributed by atoms with Gasteiger partial charge in [-0.1, -0.05) is 20.3 Å². The van der Waals surface area contributed by atoms with Crippen molar-refractivity contribution in [2.24, 2.45) is 16.1 Å². The van der Waals surface area contributed by atoms with E-state index in [1.807, 2.05) is 0 Å². The normalized spacial score (nSPS) is 36.3. The van der Waals surface area contributed by atoms with Crippen LogP contribution in [0.15, 0.2) is 4.99 Å². The van der Waals surface area contributed by atoms with Crippen LogP contribution in [0.2, 0.25) is 0 Å². The highest BCUT2D eigenvalue weighted by Crippen LogP contribution is 2.41. The number of nitrogens with zero attached hydrogens (tertiary/aromatic N) is 1. The highest BCUT2D eigenvalue weighted by molar-refractivity contribution is 5.73. The number of hydrogen-bond donors (Lipinski definition) is 1. The van der Waals surface area contributed by atoms with Crippen molar-refractivity contribution in [3.8, 4) is 0 Å². The molecule has 1 saturated carbocycles. The maximum Gasteiger partial charge on any atom is 0.282 e. The third-order valence-electron chi connectivity index (χ3n) is 3.60. The Kier molecular flexibility index (Phi) is 2.20. The lowest BCUT2D eigenvalue weighted by molar-refractivity contribution is 0.226. The van der Waals surface area contributed by atoms with E-state index in [1.165, 1.54) is 19.3 Å². The van der Waals surface area contributed by atoms with Crippen molar-refractivity contribution in [1.82, 2.24) is 0 Å². The average Bonchev–Trinajstić information content (AvgIpc) is 2.38. The average molecular weight is 196 g/mol. The maximum absolute atomic E-state index is 5.59. The van der Waals surface area contributed by atoms with E-state index in [0.29, 0.717) is 18.0 Å². The molecule has 1 atom stereocenters. The van der Waals surface area contributed by atoms with E-state index in [9.17, 15) is 0 Å². The van der Waals surface area contributed by atoms with Gasteiger partial charge in [0.25, 0.3) is 6.02 Å². The zero-order chi connectivity index (χ0) is 10.2. The van der Waals surface area contributed by atoms with Crippen molar-refractivity contribution < 1.29 is 4.74 Å². The zero-order valence-electron chi connectivity index (χ0n) is 9.18. The van der Waals surface area contributed by atoms with Crippen LogP contribution in [0.4, 0.5) is 0 Å². The second-order valence-electron chi connectivity index (χ2n) is 5.48. The molecular weight excluding hydrogens is 176 g/mol. The van der Waals surface area contributed by atoms with Crippen LogP contribution in [-0.4, -0.2) is 18.2 Å². The molecule has 2 N–H and O–H groups in total. The summed E-state index contributed by atoms with van der Waals surface area (Å²) < 4.78 is 5.30. The Labute approximate surface area is 85.7 Å². The van der Waals surface area contributed by atoms with Crippen LogP contribution >= 0.6 is 0 Å². The van der Waals surface area contributed by atoms with Crippen molar-refractivity contribution in [3.05, 3.63) is 0 Å². The number of rotatable bonds is 0. The summed E-state index contributed by atoms with van der Waals surface area (Å²) in [7, 11) is 0. The molecule has 3 heteroatoms. The van der Waals surface area contributed by atoms with Gasteiger partial charge in [-0.05, 0) is 31.1 Å². The van der Waals surface area contributed by atoms with E-state index in [0.717, 1.165) is 12.8 Å². The molecule has 0 amide bonds. The Morgan fingerprint density at radius 1 is 1.21 bits per heavy atom. The molecule has 3 nitrogen and oxygen atoms in total. The second kappa shape index (κ2) is 3.14. The number of ether oxygens (including phenoxy) is 1. The Balaban J connectivity index is 2.09. The lowest BCUT2D eigenvalue weighted by atomic mass is 9.84. The largest absolute Gasteiger partial charge is 0.463 e. The third kappa shape index (κ3) is 1.86. The minimum Gasteiger partial charge on any atom is -0.463 e. The number of nitrogens with two attached hydrogens (primary N) is 1. The van der Waals surface area contributed by atoms with Crippen LogP contribution in [0.5, 0.6) is 0 Å². The van der Waals surface area contributed by atoms with Gasteiger partial charge >= 0.3 is 0 Å². The van der Waals surface area contributed by atoms with Gasteiger partial charge in [-0.15, -0.1) is 0 Å². The molecule has 0 saturated heterocycles. The zero-order valence-corrected chi connectivity index (χ0v) is 9.18. The molecule has 0 aromatic carbocycles. The first-order chi connectivity index (χ1) is 6.52. The lowest BCUT2D eigenvalue weighted by Crippen LogP contribution is -2.27. The quantitative estimate of drug-likeness (QED) is 0.644. The van der Waals surface area contributed by atoms with Crippen molar-refractivity contribution in [1.29, 1.82) is 0 Å². The molecule has 1 aliphatic carbocycles. The Morgan fingerprint density at radius 3 is 2.64 bits per heavy atom. The molecule has 2 rings (SSSR count). The first-order valence-corrected chi connectivity index (χ1v) is 5.50. The second-order valence-corrected chi connectivity index (χ2v) is 5.48. The fraction of sp³-hybridized carbons (Fsp3) is 0.909. The van der Waals surface area contributed by atoms with Crippen LogP contribution in [0, 0.1) is 5.41 Å². The number of aliphatic imine (C=N–C) groups is 1. The molecule has 0 radical (unpaired) electrons. The molecular formula is C11H20N2O. The molecule has 14 heavy (non-hydrogen) atoms. The van der Waals surface area contributed by atoms with Crippen molar-refractivity contribution in [3.63, 3.8) is 0 Å². The van der Waals surface area contributed by atoms with E-state index in [2.05, 4.69) is 18.8 Å². The third-order valence-corrected chi connectivity index (χ3v) is 3.60. The number of amidine groups is 1. The molecule has 1 aliphatic heterocycles. The van der Waals surface area contributed by atoms with Gasteiger partial charge in [-0.2, -0.15) is 0 Å². The Hall–Kier alpha value is -0.730. The summed E-state index contributed by atoms with van der Waals surface area (Å²) in [6.07, 6.45) is 6.03. The van der Waals surface area contributed by atoms with Crippen molar-refractivity contribution in [2.45, 2.75) is 51.5 Å². The van der Waals surface area contributed by atoms with Gasteiger partial charge in [0.2, 0.25) is 0 Å². The van der Waals surface area contributed by atoms with E-state index < -0.39 is 0 Å². The Bertz CT molecular complexity index is 260. The molecule has 0 aromatic rings. The summed E-state index contributed by atoms with van der Waals surface area (Å²) in [5.41, 5.74) is 6.08. The predicted molar refractivity (Wildman–Crippen MR) is 57.2 cm³/mol. The fourth-order valence-electron chi connectivity index (χ4n) is 2.48. The minimum absolute atomic E-state index is 0.0256. The van der Waals surface area contributed by atoms with Crippen LogP contribution in [-0.2, 0) is 4.74 Å². The minimum atomic E-state index is 0.0256. The van der Waals surface area contributed by atoms with Gasteiger partial charge in [0.15, 0.2) is 0 Å². The smallest absolute Gasteiger partial charge is 0.282 e. The van der Waals surface area contributed by atoms with Crippen molar-refractivity contribution >= 4 is 6.02 Å². The predicted octanol–water partition coefficient (Wildman–Crippen LogP) is 2.06. The maximum atomic E-state index is 5.59. The molecule has 1 fully saturated rings. The van der Waals surface area contributed by atoms with Crippen LogP contribution in [0.25, 0.3) is 0 Å². The van der Waals surface area contributed by atoms with E-state index in [4.69, 9.17) is 10.5 Å². The van der Waals surface area contributed by atoms with E-state index in [1.54, 1.807) is 0 Å². The first-order valence-electron chi connectivity index (χ1n) is 5.50. The molecule has 0 aromatic heterocycles. The van der Waals surface area contributed by atoms with Gasteiger partial charge in [-0.25, -0.2) is 4.99 Å². The van der Waals surface area contributed by atoms with Gasteiger partial charge in [-0.3, -0.25) is 0 Å². The molecule has 1 unspecified atom stereocenters. The summed E-state index contributed by atoms with van der Waals surface area (Å²) in [6.45, 7) is 5.39. The fourth-order valence-corrected chi connectivity index (χ4v) is 2.48. The lowest BCUT2D eigenvalue weighted by Gasteiger charge is -2.24. The van der Waals surface area contributed by atoms with Gasteiger partial charge < -0.3 is 10.5 Å². The van der Waals surface area contributed by atoms with Gasteiger partial charge in [0, 0.05) is 0 Å². The molecule has 1 spiro atoms. The van der Waals surface area contributed by atoms with Gasteiger partial charge in [0.05, 0.1) is 0 Å². The summed E-state index contributed by atoms with van der Waals surface area (Å²) >= 11 is 0. The van der Waals surface area contributed by atoms with Crippen LogP contribution in [0.1, 0.15) is 46.0 Å². The summed E-state index contributed by atoms with van der Waals surface area (Å²) in [4.78, 5) is 4.48. The Morgan fingerprint density at radius 2 is 2.00 bits per heavy atom. The van der Waals surface area contributed by atoms with Gasteiger partial charge in [0.1, 0.15) is 12.1 Å².